The van der Waals surface area contributed by atoms with Gasteiger partial charge in [-0.05, 0) is 47.5 Å². The molecule has 1 aliphatic heterocycles. The standard InChI is InChI=1S/C12H16OS/c1-9(11-6-7-14-8-11)10-2-4-12(13)5-3-10/h2-5,9,11,13H,6-8H2,1H3. The number of phenols is 1. The lowest BCUT2D eigenvalue weighted by Gasteiger charge is -2.18. The highest BCUT2D eigenvalue weighted by Crippen LogP contribution is 2.35. The lowest BCUT2D eigenvalue weighted by molar-refractivity contribution is 0.472. The van der Waals surface area contributed by atoms with Crippen molar-refractivity contribution in [1.29, 1.82) is 0 Å². The molecule has 1 fully saturated rings. The normalized spacial score (nSPS) is 23.6. The zero-order chi connectivity index (χ0) is 9.97. The Kier molecular flexibility index (Phi) is 3.02. The van der Waals surface area contributed by atoms with Gasteiger partial charge in [-0.2, -0.15) is 11.8 Å². The van der Waals surface area contributed by atoms with Crippen molar-refractivity contribution in [2.45, 2.75) is 19.3 Å². The van der Waals surface area contributed by atoms with Crippen LogP contribution < -0.4 is 0 Å². The first-order valence-electron chi connectivity index (χ1n) is 5.14. The number of hydrogen-bond donors (Lipinski definition) is 1. The summed E-state index contributed by atoms with van der Waals surface area (Å²) >= 11 is 2.06. The van der Waals surface area contributed by atoms with Crippen LogP contribution in [0.3, 0.4) is 0 Å². The molecule has 0 radical (unpaired) electrons. The van der Waals surface area contributed by atoms with E-state index in [1.54, 1.807) is 12.1 Å². The zero-order valence-electron chi connectivity index (χ0n) is 8.44. The third kappa shape index (κ3) is 2.06. The molecule has 1 aromatic rings. The molecule has 0 aromatic heterocycles. The van der Waals surface area contributed by atoms with Crippen molar-refractivity contribution in [3.05, 3.63) is 29.8 Å². The van der Waals surface area contributed by atoms with Crippen LogP contribution in [0.15, 0.2) is 24.3 Å². The largest absolute Gasteiger partial charge is 0.508 e. The van der Waals surface area contributed by atoms with E-state index in [1.807, 2.05) is 12.1 Å². The SMILES string of the molecule is CC(c1ccc(O)cc1)C1CCSC1. The van der Waals surface area contributed by atoms with Crippen molar-refractivity contribution >= 4 is 11.8 Å². The maximum absolute atomic E-state index is 9.20. The van der Waals surface area contributed by atoms with Crippen LogP contribution in [0.1, 0.15) is 24.8 Å². The van der Waals surface area contributed by atoms with Crippen molar-refractivity contribution in [2.75, 3.05) is 11.5 Å². The van der Waals surface area contributed by atoms with Gasteiger partial charge < -0.3 is 5.11 Å². The van der Waals surface area contributed by atoms with E-state index in [0.29, 0.717) is 11.7 Å². The molecule has 1 N–H and O–H groups in total. The minimum absolute atomic E-state index is 0.363. The minimum atomic E-state index is 0.363. The molecular formula is C12H16OS. The van der Waals surface area contributed by atoms with Gasteiger partial charge in [-0.15, -0.1) is 0 Å². The number of phenolic OH excluding ortho intramolecular Hbond substituents is 1. The summed E-state index contributed by atoms with van der Waals surface area (Å²) in [5.41, 5.74) is 1.36. The fourth-order valence-corrected chi connectivity index (χ4v) is 3.39. The van der Waals surface area contributed by atoms with E-state index in [4.69, 9.17) is 0 Å². The van der Waals surface area contributed by atoms with Gasteiger partial charge in [0.2, 0.25) is 0 Å². The Morgan fingerprint density at radius 3 is 2.64 bits per heavy atom. The summed E-state index contributed by atoms with van der Waals surface area (Å²) in [7, 11) is 0. The molecule has 2 heteroatoms. The fourth-order valence-electron chi connectivity index (χ4n) is 2.00. The Morgan fingerprint density at radius 1 is 1.36 bits per heavy atom. The van der Waals surface area contributed by atoms with Gasteiger partial charge in [0, 0.05) is 0 Å². The summed E-state index contributed by atoms with van der Waals surface area (Å²) in [6.07, 6.45) is 1.34. The highest BCUT2D eigenvalue weighted by atomic mass is 32.2. The van der Waals surface area contributed by atoms with E-state index in [-0.39, 0.29) is 0 Å². The molecule has 1 saturated heterocycles. The van der Waals surface area contributed by atoms with Crippen molar-refractivity contribution in [3.8, 4) is 5.75 Å². The van der Waals surface area contributed by atoms with Gasteiger partial charge in [-0.3, -0.25) is 0 Å². The van der Waals surface area contributed by atoms with Crippen LogP contribution in [-0.2, 0) is 0 Å². The lowest BCUT2D eigenvalue weighted by atomic mass is 9.87. The number of hydrogen-bond acceptors (Lipinski definition) is 2. The van der Waals surface area contributed by atoms with Crippen LogP contribution >= 0.6 is 11.8 Å². The fraction of sp³-hybridized carbons (Fsp3) is 0.500. The summed E-state index contributed by atoms with van der Waals surface area (Å²) in [5.74, 6) is 4.42. The second kappa shape index (κ2) is 4.26. The van der Waals surface area contributed by atoms with Crippen molar-refractivity contribution in [2.24, 2.45) is 5.92 Å². The second-order valence-corrected chi connectivity index (χ2v) is 5.15. The van der Waals surface area contributed by atoms with E-state index in [9.17, 15) is 5.11 Å². The third-order valence-electron chi connectivity index (χ3n) is 3.09. The van der Waals surface area contributed by atoms with E-state index < -0.39 is 0 Å². The summed E-state index contributed by atoms with van der Waals surface area (Å²) in [6.45, 7) is 2.29. The predicted molar refractivity (Wildman–Crippen MR) is 62.0 cm³/mol. The average Bonchev–Trinajstić information content (AvgIpc) is 2.71. The highest BCUT2D eigenvalue weighted by molar-refractivity contribution is 7.99. The first kappa shape index (κ1) is 9.91. The average molecular weight is 208 g/mol. The van der Waals surface area contributed by atoms with E-state index in [2.05, 4.69) is 18.7 Å². The molecule has 0 amide bonds. The van der Waals surface area contributed by atoms with E-state index >= 15 is 0 Å². The van der Waals surface area contributed by atoms with Crippen LogP contribution in [0.4, 0.5) is 0 Å². The van der Waals surface area contributed by atoms with Gasteiger partial charge in [0.15, 0.2) is 0 Å². The van der Waals surface area contributed by atoms with Crippen LogP contribution in [0, 0.1) is 5.92 Å². The Morgan fingerprint density at radius 2 is 2.07 bits per heavy atom. The maximum atomic E-state index is 9.20. The first-order chi connectivity index (χ1) is 6.77. The highest BCUT2D eigenvalue weighted by Gasteiger charge is 2.22. The molecule has 2 rings (SSSR count). The Labute approximate surface area is 89.5 Å². The Balaban J connectivity index is 2.09. The summed E-state index contributed by atoms with van der Waals surface area (Å²) in [6, 6.07) is 7.66. The Bertz CT molecular complexity index is 288. The molecule has 14 heavy (non-hydrogen) atoms. The van der Waals surface area contributed by atoms with Gasteiger partial charge in [0.25, 0.3) is 0 Å². The predicted octanol–water partition coefficient (Wildman–Crippen LogP) is 3.25. The molecule has 1 aliphatic rings. The van der Waals surface area contributed by atoms with Crippen LogP contribution in [0.25, 0.3) is 0 Å². The molecule has 1 heterocycles. The van der Waals surface area contributed by atoms with Gasteiger partial charge in [-0.25, -0.2) is 0 Å². The van der Waals surface area contributed by atoms with E-state index in [0.717, 1.165) is 5.92 Å². The van der Waals surface area contributed by atoms with E-state index in [1.165, 1.54) is 23.5 Å². The third-order valence-corrected chi connectivity index (χ3v) is 4.28. The summed E-state index contributed by atoms with van der Waals surface area (Å²) < 4.78 is 0. The molecule has 0 spiro atoms. The van der Waals surface area contributed by atoms with Gasteiger partial charge in [-0.1, -0.05) is 19.1 Å². The molecule has 0 bridgehead atoms. The lowest BCUT2D eigenvalue weighted by Crippen LogP contribution is -2.08. The van der Waals surface area contributed by atoms with Gasteiger partial charge in [0.05, 0.1) is 0 Å². The van der Waals surface area contributed by atoms with Gasteiger partial charge >= 0.3 is 0 Å². The Hall–Kier alpha value is -0.630. The molecule has 2 unspecified atom stereocenters. The van der Waals surface area contributed by atoms with Crippen molar-refractivity contribution in [3.63, 3.8) is 0 Å². The zero-order valence-corrected chi connectivity index (χ0v) is 9.26. The van der Waals surface area contributed by atoms with Crippen LogP contribution in [-0.4, -0.2) is 16.6 Å². The molecular weight excluding hydrogens is 192 g/mol. The minimum Gasteiger partial charge on any atom is -0.508 e. The number of aromatic hydroxyl groups is 1. The smallest absolute Gasteiger partial charge is 0.115 e. The second-order valence-electron chi connectivity index (χ2n) is 4.00. The maximum Gasteiger partial charge on any atom is 0.115 e. The molecule has 0 aliphatic carbocycles. The van der Waals surface area contributed by atoms with Crippen molar-refractivity contribution in [1.82, 2.24) is 0 Å². The number of thioether (sulfide) groups is 1. The summed E-state index contributed by atoms with van der Waals surface area (Å²) in [4.78, 5) is 0. The van der Waals surface area contributed by atoms with Gasteiger partial charge in [0.1, 0.15) is 5.75 Å². The molecule has 2 atom stereocenters. The number of benzene rings is 1. The van der Waals surface area contributed by atoms with Crippen molar-refractivity contribution < 1.29 is 5.11 Å². The molecule has 1 aromatic carbocycles. The molecule has 0 saturated carbocycles. The molecule has 1 nitrogen and oxygen atoms in total. The molecule has 76 valence electrons. The summed E-state index contributed by atoms with van der Waals surface area (Å²) in [5, 5.41) is 9.20. The van der Waals surface area contributed by atoms with Crippen LogP contribution in [0.2, 0.25) is 0 Å². The first-order valence-corrected chi connectivity index (χ1v) is 6.29. The number of rotatable bonds is 2. The topological polar surface area (TPSA) is 20.2 Å². The van der Waals surface area contributed by atoms with Crippen LogP contribution in [0.5, 0.6) is 5.75 Å². The monoisotopic (exact) mass is 208 g/mol. The quantitative estimate of drug-likeness (QED) is 0.805.